The number of hydrogen-bond acceptors (Lipinski definition) is 3. The summed E-state index contributed by atoms with van der Waals surface area (Å²) in [6.45, 7) is 7.89. The second-order valence-corrected chi connectivity index (χ2v) is 6.61. The van der Waals surface area contributed by atoms with Crippen molar-refractivity contribution in [3.63, 3.8) is 0 Å². The largest absolute Gasteiger partial charge is 0.394 e. The minimum Gasteiger partial charge on any atom is -0.394 e. The second kappa shape index (κ2) is 8.23. The average Bonchev–Trinajstić information content (AvgIpc) is 2.90. The zero-order chi connectivity index (χ0) is 14.3. The summed E-state index contributed by atoms with van der Waals surface area (Å²) >= 11 is 0. The Balaban J connectivity index is 2.34. The first-order valence-electron chi connectivity index (χ1n) is 8.12. The number of nitrogens with zero attached hydrogens (tertiary/aromatic N) is 1. The number of aliphatic hydroxyl groups excluding tert-OH is 1. The zero-order valence-corrected chi connectivity index (χ0v) is 13.4. The van der Waals surface area contributed by atoms with Gasteiger partial charge in [-0.05, 0) is 45.7 Å². The van der Waals surface area contributed by atoms with Gasteiger partial charge in [-0.2, -0.15) is 0 Å². The lowest BCUT2D eigenvalue weighted by atomic mass is 9.90. The average molecular weight is 270 g/mol. The molecule has 1 atom stereocenters. The summed E-state index contributed by atoms with van der Waals surface area (Å²) < 4.78 is 0. The van der Waals surface area contributed by atoms with E-state index in [1.807, 2.05) is 0 Å². The van der Waals surface area contributed by atoms with Crippen molar-refractivity contribution in [3.05, 3.63) is 0 Å². The highest BCUT2D eigenvalue weighted by Crippen LogP contribution is 2.24. The molecule has 0 bridgehead atoms. The fourth-order valence-electron chi connectivity index (χ4n) is 3.39. The Bertz CT molecular complexity index is 233. The van der Waals surface area contributed by atoms with Gasteiger partial charge in [-0.1, -0.05) is 33.6 Å². The van der Waals surface area contributed by atoms with Crippen LogP contribution in [0, 0.1) is 0 Å². The monoisotopic (exact) mass is 270 g/mol. The van der Waals surface area contributed by atoms with Gasteiger partial charge >= 0.3 is 0 Å². The number of nitrogens with one attached hydrogen (secondary N) is 1. The van der Waals surface area contributed by atoms with E-state index in [2.05, 4.69) is 38.0 Å². The van der Waals surface area contributed by atoms with E-state index in [4.69, 9.17) is 0 Å². The fraction of sp³-hybridized carbons (Fsp3) is 1.00. The third kappa shape index (κ3) is 5.41. The van der Waals surface area contributed by atoms with E-state index in [1.54, 1.807) is 0 Å². The van der Waals surface area contributed by atoms with Gasteiger partial charge < -0.3 is 15.3 Å². The summed E-state index contributed by atoms with van der Waals surface area (Å²) in [5, 5.41) is 13.3. The highest BCUT2D eigenvalue weighted by atomic mass is 16.3. The summed E-state index contributed by atoms with van der Waals surface area (Å²) in [5.74, 6) is 0. The van der Waals surface area contributed by atoms with Crippen LogP contribution in [-0.4, -0.2) is 47.8 Å². The lowest BCUT2D eigenvalue weighted by Gasteiger charge is -2.35. The predicted octanol–water partition coefficient (Wildman–Crippen LogP) is 2.78. The Morgan fingerprint density at radius 2 is 1.95 bits per heavy atom. The molecule has 1 saturated carbocycles. The molecule has 1 fully saturated rings. The lowest BCUT2D eigenvalue weighted by Crippen LogP contribution is -2.51. The Hall–Kier alpha value is -0.120. The molecule has 0 saturated heterocycles. The standard InChI is InChI=1S/C16H34N2O/c1-5-16(13-19,17-14(2)3)11-8-12-18(4)15-9-6-7-10-15/h14-15,17,19H,5-13H2,1-4H3. The van der Waals surface area contributed by atoms with Crippen LogP contribution in [0.4, 0.5) is 0 Å². The fourth-order valence-corrected chi connectivity index (χ4v) is 3.39. The topological polar surface area (TPSA) is 35.5 Å². The molecule has 0 aromatic rings. The first-order chi connectivity index (χ1) is 9.03. The molecule has 0 amide bonds. The van der Waals surface area contributed by atoms with Crippen LogP contribution in [0.15, 0.2) is 0 Å². The molecule has 2 N–H and O–H groups in total. The molecule has 1 rings (SSSR count). The molecule has 0 heterocycles. The van der Waals surface area contributed by atoms with Crippen molar-refractivity contribution in [1.82, 2.24) is 10.2 Å². The quantitative estimate of drug-likeness (QED) is 0.676. The third-order valence-electron chi connectivity index (χ3n) is 4.69. The van der Waals surface area contributed by atoms with Crippen molar-refractivity contribution >= 4 is 0 Å². The van der Waals surface area contributed by atoms with Crippen LogP contribution < -0.4 is 5.32 Å². The van der Waals surface area contributed by atoms with Gasteiger partial charge in [0.15, 0.2) is 0 Å². The van der Waals surface area contributed by atoms with Crippen molar-refractivity contribution in [2.24, 2.45) is 0 Å². The molecule has 1 aliphatic carbocycles. The summed E-state index contributed by atoms with van der Waals surface area (Å²) in [7, 11) is 2.26. The first kappa shape index (κ1) is 16.9. The maximum atomic E-state index is 9.73. The Labute approximate surface area is 119 Å². The molecular formula is C16H34N2O. The third-order valence-corrected chi connectivity index (χ3v) is 4.69. The van der Waals surface area contributed by atoms with E-state index in [-0.39, 0.29) is 12.1 Å². The normalized spacial score (nSPS) is 20.4. The van der Waals surface area contributed by atoms with Crippen LogP contribution in [0.3, 0.4) is 0 Å². The number of rotatable bonds is 9. The van der Waals surface area contributed by atoms with Gasteiger partial charge in [-0.15, -0.1) is 0 Å². The van der Waals surface area contributed by atoms with Crippen LogP contribution in [0.1, 0.15) is 65.7 Å². The van der Waals surface area contributed by atoms with Crippen LogP contribution in [-0.2, 0) is 0 Å². The molecule has 114 valence electrons. The molecule has 0 aromatic carbocycles. The molecule has 0 aliphatic heterocycles. The SMILES string of the molecule is CCC(CO)(CCCN(C)C1CCCC1)NC(C)C. The number of aliphatic hydroxyl groups is 1. The number of hydrogen-bond donors (Lipinski definition) is 2. The maximum absolute atomic E-state index is 9.73. The van der Waals surface area contributed by atoms with Gasteiger partial charge in [0.05, 0.1) is 6.61 Å². The summed E-state index contributed by atoms with van der Waals surface area (Å²) in [5.41, 5.74) is -0.0787. The van der Waals surface area contributed by atoms with Gasteiger partial charge in [0.1, 0.15) is 0 Å². The van der Waals surface area contributed by atoms with Crippen LogP contribution >= 0.6 is 0 Å². The van der Waals surface area contributed by atoms with Crippen molar-refractivity contribution in [2.75, 3.05) is 20.2 Å². The maximum Gasteiger partial charge on any atom is 0.0613 e. The van der Waals surface area contributed by atoms with E-state index in [0.717, 1.165) is 25.4 Å². The van der Waals surface area contributed by atoms with Gasteiger partial charge in [-0.3, -0.25) is 0 Å². The van der Waals surface area contributed by atoms with E-state index < -0.39 is 0 Å². The van der Waals surface area contributed by atoms with Crippen molar-refractivity contribution < 1.29 is 5.11 Å². The van der Waals surface area contributed by atoms with Gasteiger partial charge in [-0.25, -0.2) is 0 Å². The first-order valence-corrected chi connectivity index (χ1v) is 8.12. The smallest absolute Gasteiger partial charge is 0.0613 e. The molecule has 0 aromatic heterocycles. The molecule has 19 heavy (non-hydrogen) atoms. The summed E-state index contributed by atoms with van der Waals surface area (Å²) in [6, 6.07) is 1.24. The second-order valence-electron chi connectivity index (χ2n) is 6.61. The summed E-state index contributed by atoms with van der Waals surface area (Å²) in [4.78, 5) is 2.53. The minimum atomic E-state index is -0.0787. The molecule has 3 nitrogen and oxygen atoms in total. The Kier molecular flexibility index (Phi) is 7.33. The predicted molar refractivity (Wildman–Crippen MR) is 82.5 cm³/mol. The minimum absolute atomic E-state index is 0.0787. The molecule has 3 heteroatoms. The van der Waals surface area contributed by atoms with E-state index in [1.165, 1.54) is 32.1 Å². The molecule has 1 unspecified atom stereocenters. The van der Waals surface area contributed by atoms with Crippen LogP contribution in [0.2, 0.25) is 0 Å². The highest BCUT2D eigenvalue weighted by Gasteiger charge is 2.28. The molecule has 1 aliphatic rings. The van der Waals surface area contributed by atoms with Crippen LogP contribution in [0.25, 0.3) is 0 Å². The van der Waals surface area contributed by atoms with E-state index in [9.17, 15) is 5.11 Å². The lowest BCUT2D eigenvalue weighted by molar-refractivity contribution is 0.128. The Morgan fingerprint density at radius 3 is 2.42 bits per heavy atom. The molecule has 0 radical (unpaired) electrons. The van der Waals surface area contributed by atoms with Crippen LogP contribution in [0.5, 0.6) is 0 Å². The Morgan fingerprint density at radius 1 is 1.32 bits per heavy atom. The van der Waals surface area contributed by atoms with E-state index in [0.29, 0.717) is 6.04 Å². The molecule has 0 spiro atoms. The van der Waals surface area contributed by atoms with Crippen molar-refractivity contribution in [2.45, 2.75) is 83.3 Å². The van der Waals surface area contributed by atoms with Crippen molar-refractivity contribution in [3.8, 4) is 0 Å². The van der Waals surface area contributed by atoms with Gasteiger partial charge in [0, 0.05) is 17.6 Å². The summed E-state index contributed by atoms with van der Waals surface area (Å²) in [6.07, 6.45) is 8.78. The zero-order valence-electron chi connectivity index (χ0n) is 13.4. The van der Waals surface area contributed by atoms with Crippen molar-refractivity contribution in [1.29, 1.82) is 0 Å². The van der Waals surface area contributed by atoms with E-state index >= 15 is 0 Å². The highest BCUT2D eigenvalue weighted by molar-refractivity contribution is 4.88. The van der Waals surface area contributed by atoms with Gasteiger partial charge in [0.2, 0.25) is 0 Å². The molecular weight excluding hydrogens is 236 g/mol. The van der Waals surface area contributed by atoms with Gasteiger partial charge in [0.25, 0.3) is 0 Å².